The zero-order chi connectivity index (χ0) is 17.8. The molecule has 0 atom stereocenters. The van der Waals surface area contributed by atoms with Crippen LogP contribution in [0.3, 0.4) is 0 Å². The van der Waals surface area contributed by atoms with E-state index in [0.29, 0.717) is 15.9 Å². The quantitative estimate of drug-likeness (QED) is 0.750. The fourth-order valence-corrected chi connectivity index (χ4v) is 3.23. The number of hydrogen-bond acceptors (Lipinski definition) is 5. The van der Waals surface area contributed by atoms with Gasteiger partial charge in [0.1, 0.15) is 11.4 Å². The molecule has 0 fully saturated rings. The molecule has 128 valence electrons. The van der Waals surface area contributed by atoms with E-state index in [0.717, 1.165) is 11.3 Å². The van der Waals surface area contributed by atoms with Crippen molar-refractivity contribution in [1.82, 2.24) is 14.9 Å². The van der Waals surface area contributed by atoms with Crippen LogP contribution in [0.1, 0.15) is 11.8 Å². The van der Waals surface area contributed by atoms with Gasteiger partial charge in [-0.1, -0.05) is 25.1 Å². The van der Waals surface area contributed by atoms with Crippen LogP contribution >= 0.6 is 11.3 Å². The third-order valence-corrected chi connectivity index (χ3v) is 4.70. The standard InChI is InChI=1S/C17H16N4O3S/c1-2-12-8-13-15(25-12)18-10-21(16(13)23)9-14(22)20-17(24)19-11-6-4-3-5-7-11/h3-8,10H,2,9H2,1H3,(H2,19,20,22,24). The Kier molecular flexibility index (Phi) is 4.90. The summed E-state index contributed by atoms with van der Waals surface area (Å²) in [4.78, 5) is 42.2. The van der Waals surface area contributed by atoms with Crippen molar-refractivity contribution in [2.75, 3.05) is 5.32 Å². The molecule has 3 rings (SSSR count). The number of para-hydroxylation sites is 1. The predicted molar refractivity (Wildman–Crippen MR) is 96.9 cm³/mol. The number of amides is 3. The molecule has 3 aromatic rings. The Morgan fingerprint density at radius 3 is 2.72 bits per heavy atom. The lowest BCUT2D eigenvalue weighted by Crippen LogP contribution is -2.38. The van der Waals surface area contributed by atoms with Crippen molar-refractivity contribution in [3.63, 3.8) is 0 Å². The zero-order valence-electron chi connectivity index (χ0n) is 13.5. The molecule has 2 aromatic heterocycles. The molecule has 0 bridgehead atoms. The topological polar surface area (TPSA) is 93.1 Å². The van der Waals surface area contributed by atoms with Gasteiger partial charge >= 0.3 is 6.03 Å². The lowest BCUT2D eigenvalue weighted by molar-refractivity contribution is -0.120. The monoisotopic (exact) mass is 356 g/mol. The number of benzene rings is 1. The lowest BCUT2D eigenvalue weighted by atomic mass is 10.3. The largest absolute Gasteiger partial charge is 0.325 e. The highest BCUT2D eigenvalue weighted by Gasteiger charge is 2.13. The van der Waals surface area contributed by atoms with Crippen molar-refractivity contribution >= 4 is 39.2 Å². The van der Waals surface area contributed by atoms with Gasteiger partial charge in [-0.3, -0.25) is 19.5 Å². The van der Waals surface area contributed by atoms with E-state index >= 15 is 0 Å². The molecule has 2 heterocycles. The number of anilines is 1. The number of urea groups is 1. The van der Waals surface area contributed by atoms with Crippen LogP contribution in [-0.2, 0) is 17.8 Å². The lowest BCUT2D eigenvalue weighted by Gasteiger charge is -2.07. The van der Waals surface area contributed by atoms with Gasteiger partial charge in [-0.2, -0.15) is 0 Å². The Morgan fingerprint density at radius 2 is 2.00 bits per heavy atom. The number of aryl methyl sites for hydroxylation is 1. The van der Waals surface area contributed by atoms with E-state index in [1.54, 1.807) is 30.3 Å². The molecule has 8 heteroatoms. The predicted octanol–water partition coefficient (Wildman–Crippen LogP) is 2.37. The Morgan fingerprint density at radius 1 is 1.24 bits per heavy atom. The van der Waals surface area contributed by atoms with Crippen molar-refractivity contribution in [2.45, 2.75) is 19.9 Å². The second kappa shape index (κ2) is 7.27. The van der Waals surface area contributed by atoms with Crippen LogP contribution in [0.15, 0.2) is 47.5 Å². The van der Waals surface area contributed by atoms with Crippen LogP contribution in [0.2, 0.25) is 0 Å². The average molecular weight is 356 g/mol. The summed E-state index contributed by atoms with van der Waals surface area (Å²) >= 11 is 1.46. The van der Waals surface area contributed by atoms with Gasteiger partial charge in [-0.05, 0) is 24.6 Å². The van der Waals surface area contributed by atoms with Crippen LogP contribution in [0.5, 0.6) is 0 Å². The number of fused-ring (bicyclic) bond motifs is 1. The molecule has 3 amide bonds. The van der Waals surface area contributed by atoms with Gasteiger partial charge in [0, 0.05) is 10.6 Å². The number of carbonyl (C=O) groups is 2. The highest BCUT2D eigenvalue weighted by Crippen LogP contribution is 2.20. The molecule has 0 spiro atoms. The maximum absolute atomic E-state index is 12.4. The van der Waals surface area contributed by atoms with Crippen molar-refractivity contribution in [1.29, 1.82) is 0 Å². The summed E-state index contributed by atoms with van der Waals surface area (Å²) in [6.07, 6.45) is 2.15. The van der Waals surface area contributed by atoms with Gasteiger partial charge in [0.25, 0.3) is 5.56 Å². The molecule has 0 radical (unpaired) electrons. The van der Waals surface area contributed by atoms with E-state index in [1.807, 2.05) is 13.0 Å². The van der Waals surface area contributed by atoms with E-state index in [-0.39, 0.29) is 12.1 Å². The fraction of sp³-hybridized carbons (Fsp3) is 0.176. The Bertz CT molecular complexity index is 978. The number of aromatic nitrogens is 2. The second-order valence-electron chi connectivity index (χ2n) is 5.33. The first-order valence-corrected chi connectivity index (χ1v) is 8.52. The van der Waals surface area contributed by atoms with Gasteiger partial charge in [0.15, 0.2) is 0 Å². The molecule has 0 aliphatic rings. The Hall–Kier alpha value is -3.00. The molecule has 0 aliphatic heterocycles. The fourth-order valence-electron chi connectivity index (χ4n) is 2.30. The molecule has 1 aromatic carbocycles. The molecular formula is C17H16N4O3S. The van der Waals surface area contributed by atoms with Crippen LogP contribution in [0.25, 0.3) is 10.2 Å². The van der Waals surface area contributed by atoms with Gasteiger partial charge in [-0.15, -0.1) is 11.3 Å². The molecule has 0 aliphatic carbocycles. The van der Waals surface area contributed by atoms with Gasteiger partial charge in [0.05, 0.1) is 11.7 Å². The molecule has 2 N–H and O–H groups in total. The first-order chi connectivity index (χ1) is 12.1. The number of carbonyl (C=O) groups excluding carboxylic acids is 2. The van der Waals surface area contributed by atoms with Crippen LogP contribution in [0, 0.1) is 0 Å². The number of nitrogens with zero attached hydrogens (tertiary/aromatic N) is 2. The summed E-state index contributed by atoms with van der Waals surface area (Å²) < 4.78 is 1.19. The minimum atomic E-state index is -0.651. The third kappa shape index (κ3) is 3.92. The minimum absolute atomic E-state index is 0.276. The van der Waals surface area contributed by atoms with Crippen LogP contribution in [-0.4, -0.2) is 21.5 Å². The van der Waals surface area contributed by atoms with Crippen molar-refractivity contribution in [2.24, 2.45) is 0 Å². The van der Waals surface area contributed by atoms with Crippen LogP contribution in [0.4, 0.5) is 10.5 Å². The van der Waals surface area contributed by atoms with E-state index in [9.17, 15) is 14.4 Å². The summed E-state index contributed by atoms with van der Waals surface area (Å²) in [5.41, 5.74) is 0.276. The second-order valence-corrected chi connectivity index (χ2v) is 6.45. The Labute approximate surface area is 147 Å². The Balaban J connectivity index is 1.68. The number of imide groups is 1. The molecule has 7 nitrogen and oxygen atoms in total. The zero-order valence-corrected chi connectivity index (χ0v) is 14.3. The van der Waals surface area contributed by atoms with Gasteiger partial charge in [-0.25, -0.2) is 9.78 Å². The van der Waals surface area contributed by atoms with Crippen molar-refractivity contribution in [3.8, 4) is 0 Å². The number of nitrogens with one attached hydrogen (secondary N) is 2. The summed E-state index contributed by atoms with van der Waals surface area (Å²) in [6, 6.07) is 9.90. The summed E-state index contributed by atoms with van der Waals surface area (Å²) in [5, 5.41) is 5.23. The highest BCUT2D eigenvalue weighted by atomic mass is 32.1. The SMILES string of the molecule is CCc1cc2c(=O)n(CC(=O)NC(=O)Nc3ccccc3)cnc2s1. The maximum atomic E-state index is 12.4. The molecular weight excluding hydrogens is 340 g/mol. The minimum Gasteiger partial charge on any atom is -0.308 e. The summed E-state index contributed by atoms with van der Waals surface area (Å²) in [6.45, 7) is 1.73. The number of thiophene rings is 1. The van der Waals surface area contributed by atoms with Crippen LogP contribution < -0.4 is 16.2 Å². The number of hydrogen-bond donors (Lipinski definition) is 2. The number of rotatable bonds is 4. The molecule has 0 saturated heterocycles. The van der Waals surface area contributed by atoms with Gasteiger partial charge in [0.2, 0.25) is 5.91 Å². The smallest absolute Gasteiger partial charge is 0.308 e. The van der Waals surface area contributed by atoms with E-state index in [4.69, 9.17) is 0 Å². The first-order valence-electron chi connectivity index (χ1n) is 7.70. The molecule has 0 saturated carbocycles. The van der Waals surface area contributed by atoms with E-state index in [2.05, 4.69) is 15.6 Å². The normalized spacial score (nSPS) is 10.6. The summed E-state index contributed by atoms with van der Waals surface area (Å²) in [5.74, 6) is -0.595. The summed E-state index contributed by atoms with van der Waals surface area (Å²) in [7, 11) is 0. The highest BCUT2D eigenvalue weighted by molar-refractivity contribution is 7.18. The van der Waals surface area contributed by atoms with E-state index in [1.165, 1.54) is 22.2 Å². The van der Waals surface area contributed by atoms with Crippen molar-refractivity contribution in [3.05, 3.63) is 58.0 Å². The molecule has 25 heavy (non-hydrogen) atoms. The van der Waals surface area contributed by atoms with Crippen molar-refractivity contribution < 1.29 is 9.59 Å². The van der Waals surface area contributed by atoms with E-state index < -0.39 is 11.9 Å². The third-order valence-electron chi connectivity index (χ3n) is 3.52. The molecule has 0 unspecified atom stereocenters. The average Bonchev–Trinajstić information content (AvgIpc) is 3.02. The van der Waals surface area contributed by atoms with Gasteiger partial charge < -0.3 is 5.32 Å². The first kappa shape index (κ1) is 16.8. The maximum Gasteiger partial charge on any atom is 0.325 e.